The van der Waals surface area contributed by atoms with Gasteiger partial charge in [-0.1, -0.05) is 0 Å². The minimum Gasteiger partial charge on any atom is -0.330 e. The summed E-state index contributed by atoms with van der Waals surface area (Å²) in [6, 6.07) is 2.25. The minimum absolute atomic E-state index is 0.0307. The Hall–Kier alpha value is -0.960. The molecule has 2 nitrogen and oxygen atoms in total. The Labute approximate surface area is 117 Å². The fourth-order valence-corrected chi connectivity index (χ4v) is 2.19. The number of halogens is 6. The van der Waals surface area contributed by atoms with Gasteiger partial charge >= 0.3 is 12.3 Å². The Morgan fingerprint density at radius 1 is 1.37 bits per heavy atom. The number of hydrogen-bond acceptors (Lipinski definition) is 1. The van der Waals surface area contributed by atoms with Gasteiger partial charge in [-0.25, -0.2) is 13.2 Å². The van der Waals surface area contributed by atoms with Crippen molar-refractivity contribution in [3.8, 4) is 0 Å². The molecule has 0 saturated carbocycles. The number of aromatic amines is 1. The largest absolute Gasteiger partial charge is 0.330 e. The van der Waals surface area contributed by atoms with Gasteiger partial charge in [0.15, 0.2) is 4.77 Å². The molecule has 9 heteroatoms. The van der Waals surface area contributed by atoms with Gasteiger partial charge in [0.25, 0.3) is 0 Å². The average Bonchev–Trinajstić information content (AvgIpc) is 2.56. The number of imidazole rings is 1. The van der Waals surface area contributed by atoms with Crippen molar-refractivity contribution in [1.82, 2.24) is 9.55 Å². The van der Waals surface area contributed by atoms with E-state index in [9.17, 15) is 22.0 Å². The van der Waals surface area contributed by atoms with E-state index < -0.39 is 24.7 Å². The van der Waals surface area contributed by atoms with Gasteiger partial charge in [0.2, 0.25) is 0 Å². The van der Waals surface area contributed by atoms with E-state index in [-0.39, 0.29) is 20.3 Å². The third-order valence-corrected chi connectivity index (χ3v) is 3.43. The van der Waals surface area contributed by atoms with E-state index in [1.54, 1.807) is 0 Å². The van der Waals surface area contributed by atoms with Crippen molar-refractivity contribution in [3.05, 3.63) is 27.2 Å². The van der Waals surface area contributed by atoms with Crippen molar-refractivity contribution >= 4 is 39.2 Å². The number of nitrogens with one attached hydrogen (secondary N) is 1. The molecule has 2 aromatic rings. The Kier molecular flexibility index (Phi) is 3.69. The fourth-order valence-electron chi connectivity index (χ4n) is 1.59. The summed E-state index contributed by atoms with van der Waals surface area (Å²) in [5.74, 6) is -4.83. The third kappa shape index (κ3) is 2.66. The van der Waals surface area contributed by atoms with Gasteiger partial charge in [-0.2, -0.15) is 8.78 Å². The van der Waals surface area contributed by atoms with Gasteiger partial charge in [0, 0.05) is 6.07 Å². The number of rotatable bonds is 3. The summed E-state index contributed by atoms with van der Waals surface area (Å²) in [6.45, 7) is -1.28. The predicted molar refractivity (Wildman–Crippen MR) is 65.7 cm³/mol. The van der Waals surface area contributed by atoms with Gasteiger partial charge in [0.05, 0.1) is 22.1 Å². The van der Waals surface area contributed by atoms with Gasteiger partial charge < -0.3 is 9.55 Å². The van der Waals surface area contributed by atoms with E-state index in [2.05, 4.69) is 20.9 Å². The number of aromatic nitrogens is 2. The molecule has 0 amide bonds. The Morgan fingerprint density at radius 2 is 2.00 bits per heavy atom. The smallest absolute Gasteiger partial charge is 0.324 e. The number of nitrogens with zero attached hydrogens (tertiary/aromatic N) is 1. The first-order chi connectivity index (χ1) is 8.72. The topological polar surface area (TPSA) is 20.7 Å². The number of alkyl halides is 4. The molecule has 19 heavy (non-hydrogen) atoms. The van der Waals surface area contributed by atoms with Crippen LogP contribution in [0.3, 0.4) is 0 Å². The molecule has 0 aliphatic rings. The van der Waals surface area contributed by atoms with Crippen LogP contribution >= 0.6 is 28.1 Å². The summed E-state index contributed by atoms with van der Waals surface area (Å²) in [6.07, 6.45) is -3.80. The predicted octanol–water partition coefficient (Wildman–Crippen LogP) is 4.50. The maximum atomic E-state index is 13.3. The van der Waals surface area contributed by atoms with E-state index in [4.69, 9.17) is 12.2 Å². The van der Waals surface area contributed by atoms with Crippen molar-refractivity contribution in [2.75, 3.05) is 0 Å². The summed E-state index contributed by atoms with van der Waals surface area (Å²) >= 11 is 7.68. The molecule has 0 atom stereocenters. The van der Waals surface area contributed by atoms with Crippen LogP contribution in [0, 0.1) is 10.6 Å². The molecule has 0 aliphatic heterocycles. The van der Waals surface area contributed by atoms with Gasteiger partial charge in [-0.15, -0.1) is 0 Å². The number of fused-ring (bicyclic) bond motifs is 1. The van der Waals surface area contributed by atoms with Gasteiger partial charge in [0.1, 0.15) is 5.82 Å². The Bertz CT molecular complexity index is 678. The maximum Gasteiger partial charge on any atom is 0.324 e. The Morgan fingerprint density at radius 3 is 2.58 bits per heavy atom. The molecule has 0 spiro atoms. The monoisotopic (exact) mass is 360 g/mol. The molecule has 0 aliphatic carbocycles. The first-order valence-corrected chi connectivity index (χ1v) is 6.16. The van der Waals surface area contributed by atoms with Crippen molar-refractivity contribution in [2.24, 2.45) is 0 Å². The molecule has 2 rings (SSSR count). The fraction of sp³-hybridized carbons (Fsp3) is 0.300. The van der Waals surface area contributed by atoms with E-state index in [1.807, 2.05) is 0 Å². The second-order valence-corrected chi connectivity index (χ2v) is 5.10. The number of benzene rings is 1. The number of H-pyrrole nitrogens is 1. The van der Waals surface area contributed by atoms with Gasteiger partial charge in [-0.3, -0.25) is 0 Å². The standard InChI is InChI=1S/C10H6BrF5N2S/c11-4-1-7-6(2-5(4)12)17-9(19)18(7)3-10(15,16)8(13)14/h1-2,8H,3H2,(H,17,19). The van der Waals surface area contributed by atoms with E-state index in [1.165, 1.54) is 6.07 Å². The summed E-state index contributed by atoms with van der Waals surface area (Å²) in [7, 11) is 0. The molecule has 1 heterocycles. The average molecular weight is 361 g/mol. The van der Waals surface area contributed by atoms with E-state index in [0.717, 1.165) is 10.6 Å². The van der Waals surface area contributed by atoms with Crippen LogP contribution in [0.4, 0.5) is 22.0 Å². The molecular weight excluding hydrogens is 355 g/mol. The molecule has 0 bridgehead atoms. The molecule has 0 unspecified atom stereocenters. The lowest BCUT2D eigenvalue weighted by Crippen LogP contribution is -2.32. The molecular formula is C10H6BrF5N2S. The van der Waals surface area contributed by atoms with Crippen LogP contribution in [0.5, 0.6) is 0 Å². The third-order valence-electron chi connectivity index (χ3n) is 2.50. The zero-order valence-corrected chi connectivity index (χ0v) is 11.5. The van der Waals surface area contributed by atoms with E-state index in [0.29, 0.717) is 0 Å². The van der Waals surface area contributed by atoms with E-state index >= 15 is 0 Å². The summed E-state index contributed by atoms with van der Waals surface area (Å²) in [4.78, 5) is 2.50. The first-order valence-electron chi connectivity index (χ1n) is 4.96. The van der Waals surface area contributed by atoms with Crippen molar-refractivity contribution in [2.45, 2.75) is 18.9 Å². The lowest BCUT2D eigenvalue weighted by atomic mass is 10.3. The van der Waals surface area contributed by atoms with Crippen LogP contribution in [0.2, 0.25) is 0 Å². The summed E-state index contributed by atoms with van der Waals surface area (Å²) in [5.41, 5.74) is 0.286. The highest BCUT2D eigenvalue weighted by Crippen LogP contribution is 2.29. The molecule has 1 aromatic heterocycles. The molecule has 0 saturated heterocycles. The lowest BCUT2D eigenvalue weighted by molar-refractivity contribution is -0.137. The van der Waals surface area contributed by atoms with Crippen LogP contribution in [0.1, 0.15) is 0 Å². The summed E-state index contributed by atoms with van der Waals surface area (Å²) < 4.78 is 64.5. The molecule has 0 radical (unpaired) electrons. The van der Waals surface area contributed by atoms with Crippen LogP contribution in [-0.2, 0) is 6.54 Å². The lowest BCUT2D eigenvalue weighted by Gasteiger charge is -2.16. The zero-order valence-electron chi connectivity index (χ0n) is 9.06. The van der Waals surface area contributed by atoms with Gasteiger partial charge in [-0.05, 0) is 34.2 Å². The Balaban J connectivity index is 2.58. The van der Waals surface area contributed by atoms with Crippen molar-refractivity contribution in [3.63, 3.8) is 0 Å². The van der Waals surface area contributed by atoms with Crippen LogP contribution < -0.4 is 0 Å². The van der Waals surface area contributed by atoms with Crippen molar-refractivity contribution < 1.29 is 22.0 Å². The quantitative estimate of drug-likeness (QED) is 0.631. The minimum atomic E-state index is -4.21. The normalized spacial score (nSPS) is 12.6. The second kappa shape index (κ2) is 4.86. The van der Waals surface area contributed by atoms with Crippen LogP contribution in [-0.4, -0.2) is 21.9 Å². The molecule has 1 N–H and O–H groups in total. The molecule has 1 aromatic carbocycles. The highest BCUT2D eigenvalue weighted by molar-refractivity contribution is 9.10. The summed E-state index contributed by atoms with van der Waals surface area (Å²) in [5, 5.41) is 0. The second-order valence-electron chi connectivity index (χ2n) is 3.86. The molecule has 104 valence electrons. The van der Waals surface area contributed by atoms with Crippen LogP contribution in [0.25, 0.3) is 11.0 Å². The van der Waals surface area contributed by atoms with Crippen LogP contribution in [0.15, 0.2) is 16.6 Å². The zero-order chi connectivity index (χ0) is 14.4. The first kappa shape index (κ1) is 14.4. The van der Waals surface area contributed by atoms with Crippen molar-refractivity contribution in [1.29, 1.82) is 0 Å². The number of hydrogen-bond donors (Lipinski definition) is 1. The SMILES string of the molecule is Fc1cc2[nH]c(=S)n(CC(F)(F)C(F)F)c2cc1Br. The molecule has 0 fully saturated rings. The highest BCUT2D eigenvalue weighted by atomic mass is 79.9. The highest BCUT2D eigenvalue weighted by Gasteiger charge is 2.41. The maximum absolute atomic E-state index is 13.3.